The van der Waals surface area contributed by atoms with Crippen molar-refractivity contribution in [3.63, 3.8) is 0 Å². The van der Waals surface area contributed by atoms with Gasteiger partial charge in [-0.15, -0.1) is 0 Å². The lowest BCUT2D eigenvalue weighted by Crippen LogP contribution is -2.42. The minimum absolute atomic E-state index is 0.0247. The molecule has 0 saturated heterocycles. The summed E-state index contributed by atoms with van der Waals surface area (Å²) in [5, 5.41) is 3.08. The average molecular weight is 245 g/mol. The minimum Gasteiger partial charge on any atom is -0.467 e. The van der Waals surface area contributed by atoms with Gasteiger partial charge >= 0.3 is 0 Å². The summed E-state index contributed by atoms with van der Waals surface area (Å²) in [4.78, 5) is 12.5. The Morgan fingerprint density at radius 1 is 1.33 bits per heavy atom. The quantitative estimate of drug-likeness (QED) is 0.889. The van der Waals surface area contributed by atoms with E-state index in [0.717, 1.165) is 42.8 Å². The number of furan rings is 1. The zero-order chi connectivity index (χ0) is 12.2. The summed E-state index contributed by atoms with van der Waals surface area (Å²) in [6.45, 7) is 0.535. The summed E-state index contributed by atoms with van der Waals surface area (Å²) in [5.41, 5.74) is -0.0247. The van der Waals surface area contributed by atoms with Crippen LogP contribution in [0.3, 0.4) is 0 Å². The first kappa shape index (κ1) is 10.7. The lowest BCUT2D eigenvalue weighted by molar-refractivity contribution is -0.134. The van der Waals surface area contributed by atoms with Crippen LogP contribution in [0.4, 0.5) is 0 Å². The first-order valence-electron chi connectivity index (χ1n) is 7.06. The number of amides is 1. The van der Waals surface area contributed by atoms with Crippen molar-refractivity contribution < 1.29 is 9.21 Å². The van der Waals surface area contributed by atoms with Crippen molar-refractivity contribution in [2.24, 2.45) is 23.2 Å². The Hall–Kier alpha value is -1.25. The first-order chi connectivity index (χ1) is 8.75. The fraction of sp³-hybridized carbons (Fsp3) is 0.667. The van der Waals surface area contributed by atoms with Gasteiger partial charge in [0.05, 0.1) is 12.8 Å². The Kier molecular flexibility index (Phi) is 2.14. The molecule has 1 aromatic rings. The van der Waals surface area contributed by atoms with Crippen molar-refractivity contribution >= 4 is 5.91 Å². The summed E-state index contributed by atoms with van der Waals surface area (Å²) in [7, 11) is 0. The van der Waals surface area contributed by atoms with Gasteiger partial charge < -0.3 is 9.73 Å². The second-order valence-corrected chi connectivity index (χ2v) is 6.51. The first-order valence-corrected chi connectivity index (χ1v) is 7.06. The lowest BCUT2D eigenvalue weighted by Gasteiger charge is -2.36. The average Bonchev–Trinajstić information content (AvgIpc) is 3.01. The van der Waals surface area contributed by atoms with E-state index in [1.54, 1.807) is 6.26 Å². The van der Waals surface area contributed by atoms with Gasteiger partial charge in [0, 0.05) is 5.41 Å². The molecule has 0 radical (unpaired) electrons. The maximum absolute atomic E-state index is 12.5. The summed E-state index contributed by atoms with van der Waals surface area (Å²) in [5.74, 6) is 3.64. The van der Waals surface area contributed by atoms with Crippen LogP contribution in [-0.2, 0) is 11.3 Å². The van der Waals surface area contributed by atoms with Crippen molar-refractivity contribution in [3.05, 3.63) is 24.2 Å². The van der Waals surface area contributed by atoms with E-state index in [9.17, 15) is 4.79 Å². The van der Waals surface area contributed by atoms with Gasteiger partial charge in [-0.3, -0.25) is 4.79 Å². The maximum atomic E-state index is 12.5. The molecule has 4 bridgehead atoms. The van der Waals surface area contributed by atoms with Crippen LogP contribution in [0.15, 0.2) is 22.8 Å². The van der Waals surface area contributed by atoms with Crippen LogP contribution in [-0.4, -0.2) is 5.91 Å². The van der Waals surface area contributed by atoms with Gasteiger partial charge in [0.2, 0.25) is 5.91 Å². The molecule has 3 heteroatoms. The van der Waals surface area contributed by atoms with E-state index in [4.69, 9.17) is 4.42 Å². The minimum atomic E-state index is -0.0247. The highest BCUT2D eigenvalue weighted by Crippen LogP contribution is 2.64. The van der Waals surface area contributed by atoms with E-state index in [1.807, 2.05) is 12.1 Å². The molecular formula is C15H19NO2. The molecular weight excluding hydrogens is 226 g/mol. The largest absolute Gasteiger partial charge is 0.467 e. The number of carbonyl (C=O) groups is 1. The van der Waals surface area contributed by atoms with E-state index in [2.05, 4.69) is 5.32 Å². The number of carbonyl (C=O) groups excluding carboxylic acids is 1. The number of hydrogen-bond acceptors (Lipinski definition) is 2. The molecule has 18 heavy (non-hydrogen) atoms. The summed E-state index contributed by atoms with van der Waals surface area (Å²) < 4.78 is 5.26. The maximum Gasteiger partial charge on any atom is 0.226 e. The predicted octanol–water partition coefficient (Wildman–Crippen LogP) is 2.72. The van der Waals surface area contributed by atoms with Crippen LogP contribution in [0, 0.1) is 23.2 Å². The fourth-order valence-electron chi connectivity index (χ4n) is 4.86. The van der Waals surface area contributed by atoms with Crippen LogP contribution in [0.5, 0.6) is 0 Å². The highest BCUT2D eigenvalue weighted by molar-refractivity contribution is 5.83. The zero-order valence-corrected chi connectivity index (χ0v) is 10.5. The number of rotatable bonds is 3. The molecule has 2 atom stereocenters. The van der Waals surface area contributed by atoms with Gasteiger partial charge in [-0.05, 0) is 62.0 Å². The van der Waals surface area contributed by atoms with Crippen molar-refractivity contribution in [1.29, 1.82) is 0 Å². The third-order valence-corrected chi connectivity index (χ3v) is 5.41. The van der Waals surface area contributed by atoms with E-state index in [-0.39, 0.29) is 11.3 Å². The standard InChI is InChI=1S/C15H19NO2/c17-14(16-9-13-2-1-3-18-13)15-6-10-4-11(7-15)12(5-10)8-15/h1-3,10-12H,4-9H2,(H,16,17). The molecule has 3 nitrogen and oxygen atoms in total. The number of hydrogen-bond donors (Lipinski definition) is 1. The normalized spacial score (nSPS) is 40.3. The third kappa shape index (κ3) is 1.46. The molecule has 4 aliphatic rings. The van der Waals surface area contributed by atoms with Gasteiger partial charge in [-0.2, -0.15) is 0 Å². The summed E-state index contributed by atoms with van der Waals surface area (Å²) >= 11 is 0. The topological polar surface area (TPSA) is 42.2 Å². The van der Waals surface area contributed by atoms with Crippen LogP contribution >= 0.6 is 0 Å². The zero-order valence-electron chi connectivity index (χ0n) is 10.5. The molecule has 0 spiro atoms. The van der Waals surface area contributed by atoms with E-state index in [1.165, 1.54) is 12.8 Å². The molecule has 4 fully saturated rings. The van der Waals surface area contributed by atoms with Crippen LogP contribution < -0.4 is 5.32 Å². The van der Waals surface area contributed by atoms with E-state index >= 15 is 0 Å². The second-order valence-electron chi connectivity index (χ2n) is 6.51. The molecule has 5 rings (SSSR count). The SMILES string of the molecule is O=C(NCc1ccco1)C12CC3CC(C1)C(C3)C2. The Bertz CT molecular complexity index is 445. The molecule has 4 aliphatic carbocycles. The predicted molar refractivity (Wildman–Crippen MR) is 66.5 cm³/mol. The summed E-state index contributed by atoms with van der Waals surface area (Å²) in [6.07, 6.45) is 7.83. The molecule has 4 saturated carbocycles. The van der Waals surface area contributed by atoms with Crippen LogP contribution in [0.2, 0.25) is 0 Å². The van der Waals surface area contributed by atoms with E-state index < -0.39 is 0 Å². The molecule has 1 aromatic heterocycles. The third-order valence-electron chi connectivity index (χ3n) is 5.41. The lowest BCUT2D eigenvalue weighted by atomic mass is 9.69. The summed E-state index contributed by atoms with van der Waals surface area (Å²) in [6, 6.07) is 3.77. The van der Waals surface area contributed by atoms with Crippen molar-refractivity contribution in [2.45, 2.75) is 38.6 Å². The van der Waals surface area contributed by atoms with Crippen molar-refractivity contribution in [2.75, 3.05) is 0 Å². The Balaban J connectivity index is 1.46. The monoisotopic (exact) mass is 245 g/mol. The van der Waals surface area contributed by atoms with E-state index in [0.29, 0.717) is 6.54 Å². The van der Waals surface area contributed by atoms with Crippen LogP contribution in [0.1, 0.15) is 37.9 Å². The molecule has 0 aromatic carbocycles. The Labute approximate surface area is 107 Å². The smallest absolute Gasteiger partial charge is 0.226 e. The highest BCUT2D eigenvalue weighted by Gasteiger charge is 2.58. The molecule has 2 unspecified atom stereocenters. The van der Waals surface area contributed by atoms with Gasteiger partial charge in [0.25, 0.3) is 0 Å². The van der Waals surface area contributed by atoms with Gasteiger partial charge in [0.15, 0.2) is 0 Å². The Morgan fingerprint density at radius 2 is 2.11 bits per heavy atom. The molecule has 0 aliphatic heterocycles. The molecule has 1 amide bonds. The highest BCUT2D eigenvalue weighted by atomic mass is 16.3. The molecule has 96 valence electrons. The van der Waals surface area contributed by atoms with Crippen molar-refractivity contribution in [1.82, 2.24) is 5.32 Å². The second kappa shape index (κ2) is 3.62. The molecule has 1 heterocycles. The van der Waals surface area contributed by atoms with Gasteiger partial charge in [0.1, 0.15) is 5.76 Å². The molecule has 1 N–H and O–H groups in total. The van der Waals surface area contributed by atoms with Crippen LogP contribution in [0.25, 0.3) is 0 Å². The van der Waals surface area contributed by atoms with Gasteiger partial charge in [-0.25, -0.2) is 0 Å². The van der Waals surface area contributed by atoms with Crippen molar-refractivity contribution in [3.8, 4) is 0 Å². The fourth-order valence-corrected chi connectivity index (χ4v) is 4.86. The number of nitrogens with one attached hydrogen (secondary N) is 1. The Morgan fingerprint density at radius 3 is 2.72 bits per heavy atom. The van der Waals surface area contributed by atoms with Gasteiger partial charge in [-0.1, -0.05) is 0 Å².